The standard InChI is InChI=1S/C17H15N5O3/c18-15(23)12-8-20-22-13(5-6-19-16(12)22)17(24)21-11-7-10-3-1-2-4-14(10)25-9-11/h1-6,8,11H,7,9H2,(H2,18,23)(H,21,24). The second kappa shape index (κ2) is 5.90. The zero-order valence-corrected chi connectivity index (χ0v) is 13.2. The lowest BCUT2D eigenvalue weighted by Gasteiger charge is -2.26. The molecule has 2 amide bonds. The highest BCUT2D eigenvalue weighted by Crippen LogP contribution is 2.24. The normalized spacial score (nSPS) is 16.1. The van der Waals surface area contributed by atoms with Crippen LogP contribution in [0.1, 0.15) is 26.4 Å². The molecule has 0 saturated carbocycles. The van der Waals surface area contributed by atoms with Gasteiger partial charge in [-0.15, -0.1) is 0 Å². The predicted octanol–water partition coefficient (Wildman–Crippen LogP) is 0.562. The fourth-order valence-electron chi connectivity index (χ4n) is 2.92. The maximum atomic E-state index is 12.6. The van der Waals surface area contributed by atoms with Gasteiger partial charge in [0, 0.05) is 6.20 Å². The minimum absolute atomic E-state index is 0.156. The van der Waals surface area contributed by atoms with Gasteiger partial charge in [0.1, 0.15) is 23.6 Å². The van der Waals surface area contributed by atoms with E-state index in [0.29, 0.717) is 13.0 Å². The fraction of sp³-hybridized carbons (Fsp3) is 0.176. The van der Waals surface area contributed by atoms with Crippen molar-refractivity contribution in [3.05, 3.63) is 59.5 Å². The van der Waals surface area contributed by atoms with Crippen LogP contribution in [0.15, 0.2) is 42.7 Å². The third kappa shape index (κ3) is 2.67. The Kier molecular flexibility index (Phi) is 3.57. The second-order valence-corrected chi connectivity index (χ2v) is 5.78. The number of para-hydroxylation sites is 1. The van der Waals surface area contributed by atoms with Crippen molar-refractivity contribution >= 4 is 17.5 Å². The summed E-state index contributed by atoms with van der Waals surface area (Å²) >= 11 is 0. The van der Waals surface area contributed by atoms with E-state index in [-0.39, 0.29) is 28.9 Å². The van der Waals surface area contributed by atoms with Gasteiger partial charge < -0.3 is 15.8 Å². The van der Waals surface area contributed by atoms with Crippen LogP contribution in [0.2, 0.25) is 0 Å². The summed E-state index contributed by atoms with van der Waals surface area (Å²) in [5.74, 6) is -0.116. The Bertz CT molecular complexity index is 981. The number of rotatable bonds is 3. The lowest BCUT2D eigenvalue weighted by molar-refractivity contribution is 0.0906. The minimum Gasteiger partial charge on any atom is -0.491 e. The van der Waals surface area contributed by atoms with Crippen molar-refractivity contribution in [1.29, 1.82) is 0 Å². The molecule has 0 saturated heterocycles. The molecule has 3 N–H and O–H groups in total. The van der Waals surface area contributed by atoms with Crippen molar-refractivity contribution in [3.63, 3.8) is 0 Å². The molecule has 1 atom stereocenters. The molecule has 0 radical (unpaired) electrons. The van der Waals surface area contributed by atoms with Crippen molar-refractivity contribution in [2.45, 2.75) is 12.5 Å². The summed E-state index contributed by atoms with van der Waals surface area (Å²) < 4.78 is 7.00. The number of nitrogens with zero attached hydrogens (tertiary/aromatic N) is 3. The molecule has 0 bridgehead atoms. The molecule has 0 spiro atoms. The first-order chi connectivity index (χ1) is 12.1. The monoisotopic (exact) mass is 337 g/mol. The zero-order valence-electron chi connectivity index (χ0n) is 13.2. The maximum Gasteiger partial charge on any atom is 0.270 e. The van der Waals surface area contributed by atoms with Crippen LogP contribution in [-0.2, 0) is 6.42 Å². The van der Waals surface area contributed by atoms with E-state index in [9.17, 15) is 9.59 Å². The summed E-state index contributed by atoms with van der Waals surface area (Å²) in [6.45, 7) is 0.391. The van der Waals surface area contributed by atoms with Gasteiger partial charge in [-0.05, 0) is 24.1 Å². The maximum absolute atomic E-state index is 12.6. The number of aromatic nitrogens is 3. The van der Waals surface area contributed by atoms with E-state index in [1.54, 1.807) is 0 Å². The Balaban J connectivity index is 1.58. The summed E-state index contributed by atoms with van der Waals surface area (Å²) in [6.07, 6.45) is 3.44. The van der Waals surface area contributed by atoms with Gasteiger partial charge >= 0.3 is 0 Å². The van der Waals surface area contributed by atoms with Crippen molar-refractivity contribution in [2.24, 2.45) is 5.73 Å². The molecule has 1 aromatic carbocycles. The van der Waals surface area contributed by atoms with Gasteiger partial charge in [-0.3, -0.25) is 9.59 Å². The van der Waals surface area contributed by atoms with Crippen LogP contribution in [0.3, 0.4) is 0 Å². The first-order valence-corrected chi connectivity index (χ1v) is 7.77. The van der Waals surface area contributed by atoms with Crippen LogP contribution in [0, 0.1) is 0 Å². The number of hydrogen-bond acceptors (Lipinski definition) is 5. The first-order valence-electron chi connectivity index (χ1n) is 7.77. The van der Waals surface area contributed by atoms with Crippen LogP contribution in [0.25, 0.3) is 5.65 Å². The number of benzene rings is 1. The predicted molar refractivity (Wildman–Crippen MR) is 88.4 cm³/mol. The van der Waals surface area contributed by atoms with Crippen molar-refractivity contribution in [3.8, 4) is 5.75 Å². The summed E-state index contributed by atoms with van der Waals surface area (Å²) in [6, 6.07) is 9.13. The number of nitrogens with one attached hydrogen (secondary N) is 1. The van der Waals surface area contributed by atoms with E-state index in [1.165, 1.54) is 23.0 Å². The molecular weight excluding hydrogens is 322 g/mol. The highest BCUT2D eigenvalue weighted by Gasteiger charge is 2.23. The van der Waals surface area contributed by atoms with Gasteiger partial charge in [0.25, 0.3) is 11.8 Å². The van der Waals surface area contributed by atoms with E-state index in [4.69, 9.17) is 10.5 Å². The Hall–Kier alpha value is -3.42. The Morgan fingerprint density at radius 2 is 2.12 bits per heavy atom. The van der Waals surface area contributed by atoms with Gasteiger partial charge in [-0.1, -0.05) is 18.2 Å². The smallest absolute Gasteiger partial charge is 0.270 e. The molecule has 0 aliphatic carbocycles. The Labute approximate surface area is 142 Å². The van der Waals surface area contributed by atoms with Crippen LogP contribution >= 0.6 is 0 Å². The molecule has 25 heavy (non-hydrogen) atoms. The lowest BCUT2D eigenvalue weighted by Crippen LogP contribution is -2.43. The molecule has 3 aromatic rings. The van der Waals surface area contributed by atoms with Gasteiger partial charge in [0.15, 0.2) is 5.65 Å². The van der Waals surface area contributed by atoms with E-state index in [0.717, 1.165) is 11.3 Å². The SMILES string of the molecule is NC(=O)c1cnn2c(C(=O)NC3COc4ccccc4C3)ccnc12. The van der Waals surface area contributed by atoms with Gasteiger partial charge in [0.2, 0.25) is 0 Å². The highest BCUT2D eigenvalue weighted by molar-refractivity contribution is 5.99. The van der Waals surface area contributed by atoms with Crippen LogP contribution in [0.4, 0.5) is 0 Å². The van der Waals surface area contributed by atoms with Crippen LogP contribution < -0.4 is 15.8 Å². The number of primary amides is 1. The molecule has 126 valence electrons. The van der Waals surface area contributed by atoms with E-state index in [1.807, 2.05) is 24.3 Å². The zero-order chi connectivity index (χ0) is 17.4. The van der Waals surface area contributed by atoms with Gasteiger partial charge in [-0.2, -0.15) is 5.10 Å². The lowest BCUT2D eigenvalue weighted by atomic mass is 10.0. The molecule has 3 heterocycles. The Morgan fingerprint density at radius 3 is 2.96 bits per heavy atom. The van der Waals surface area contributed by atoms with Crippen molar-refractivity contribution < 1.29 is 14.3 Å². The molecule has 4 rings (SSSR count). The fourth-order valence-corrected chi connectivity index (χ4v) is 2.92. The molecule has 1 unspecified atom stereocenters. The average Bonchev–Trinajstić information content (AvgIpc) is 3.06. The molecule has 8 heteroatoms. The molecular formula is C17H15N5O3. The van der Waals surface area contributed by atoms with Crippen LogP contribution in [0.5, 0.6) is 5.75 Å². The largest absolute Gasteiger partial charge is 0.491 e. The van der Waals surface area contributed by atoms with Crippen molar-refractivity contribution in [2.75, 3.05) is 6.61 Å². The minimum atomic E-state index is -0.641. The molecule has 1 aliphatic heterocycles. The second-order valence-electron chi connectivity index (χ2n) is 5.78. The third-order valence-electron chi connectivity index (χ3n) is 4.11. The summed E-state index contributed by atoms with van der Waals surface area (Å²) in [5.41, 5.74) is 7.05. The number of fused-ring (bicyclic) bond motifs is 2. The quantitative estimate of drug-likeness (QED) is 0.725. The highest BCUT2D eigenvalue weighted by atomic mass is 16.5. The number of ether oxygens (including phenoxy) is 1. The third-order valence-corrected chi connectivity index (χ3v) is 4.11. The van der Waals surface area contributed by atoms with Crippen molar-refractivity contribution in [1.82, 2.24) is 19.9 Å². The van der Waals surface area contributed by atoms with E-state index >= 15 is 0 Å². The average molecular weight is 337 g/mol. The molecule has 2 aromatic heterocycles. The number of carbonyl (C=O) groups excluding carboxylic acids is 2. The molecule has 0 fully saturated rings. The number of nitrogens with two attached hydrogens (primary N) is 1. The van der Waals surface area contributed by atoms with Gasteiger partial charge in [0.05, 0.1) is 12.2 Å². The Morgan fingerprint density at radius 1 is 1.28 bits per heavy atom. The summed E-state index contributed by atoms with van der Waals surface area (Å²) in [4.78, 5) is 28.1. The topological polar surface area (TPSA) is 112 Å². The van der Waals surface area contributed by atoms with E-state index in [2.05, 4.69) is 15.4 Å². The molecule has 1 aliphatic rings. The number of carbonyl (C=O) groups is 2. The number of amides is 2. The number of hydrogen-bond donors (Lipinski definition) is 2. The van der Waals surface area contributed by atoms with E-state index < -0.39 is 5.91 Å². The van der Waals surface area contributed by atoms with Crippen LogP contribution in [-0.4, -0.2) is 39.1 Å². The first kappa shape index (κ1) is 15.1. The molecule has 8 nitrogen and oxygen atoms in total. The summed E-state index contributed by atoms with van der Waals surface area (Å²) in [5, 5.41) is 6.99. The summed E-state index contributed by atoms with van der Waals surface area (Å²) in [7, 11) is 0. The van der Waals surface area contributed by atoms with Gasteiger partial charge in [-0.25, -0.2) is 9.50 Å².